The summed E-state index contributed by atoms with van der Waals surface area (Å²) in [6, 6.07) is 20.6. The Kier molecular flexibility index (Phi) is 5.50. The highest BCUT2D eigenvalue weighted by molar-refractivity contribution is 9.10. The molecule has 3 aromatic rings. The number of amides is 3. The van der Waals surface area contributed by atoms with E-state index in [2.05, 4.69) is 21.2 Å². The van der Waals surface area contributed by atoms with Gasteiger partial charge in [0.15, 0.2) is 0 Å². The molecule has 1 heterocycles. The molecule has 4 rings (SSSR count). The Labute approximate surface area is 182 Å². The first kappa shape index (κ1) is 20.0. The molecule has 1 N–H and O–H groups in total. The Balaban J connectivity index is 1.69. The summed E-state index contributed by atoms with van der Waals surface area (Å²) < 4.78 is 0.902. The molecule has 0 spiro atoms. The minimum Gasteiger partial charge on any atom is -0.324 e. The Hall–Kier alpha value is -3.25. The summed E-state index contributed by atoms with van der Waals surface area (Å²) in [6.45, 7) is 1.88. The molecule has 6 heteroatoms. The van der Waals surface area contributed by atoms with Gasteiger partial charge in [0.1, 0.15) is 6.04 Å². The lowest BCUT2D eigenvalue weighted by Gasteiger charge is -2.26. The highest BCUT2D eigenvalue weighted by atomic mass is 79.9. The quantitative estimate of drug-likeness (QED) is 0.563. The Bertz CT molecular complexity index is 1110. The molecule has 1 unspecified atom stereocenters. The van der Waals surface area contributed by atoms with E-state index in [-0.39, 0.29) is 6.42 Å². The van der Waals surface area contributed by atoms with Crippen molar-refractivity contribution in [1.82, 2.24) is 4.90 Å². The van der Waals surface area contributed by atoms with E-state index in [0.717, 1.165) is 20.5 Å². The summed E-state index contributed by atoms with van der Waals surface area (Å²) in [7, 11) is 0. The third-order valence-electron chi connectivity index (χ3n) is 5.16. The average molecular weight is 463 g/mol. The monoisotopic (exact) mass is 462 g/mol. The van der Waals surface area contributed by atoms with E-state index in [1.807, 2.05) is 49.4 Å². The molecule has 0 aromatic heterocycles. The molecule has 0 radical (unpaired) electrons. The number of nitrogens with one attached hydrogen (secondary N) is 1. The molecular formula is C24H19BrN2O3. The van der Waals surface area contributed by atoms with Crippen LogP contribution in [0.5, 0.6) is 0 Å². The number of anilines is 1. The topological polar surface area (TPSA) is 66.5 Å². The predicted octanol–water partition coefficient (Wildman–Crippen LogP) is 4.60. The molecule has 150 valence electrons. The van der Waals surface area contributed by atoms with Crippen molar-refractivity contribution in [2.45, 2.75) is 19.4 Å². The van der Waals surface area contributed by atoms with Crippen LogP contribution in [0.1, 0.15) is 31.8 Å². The molecule has 1 aliphatic rings. The van der Waals surface area contributed by atoms with E-state index >= 15 is 0 Å². The van der Waals surface area contributed by atoms with E-state index in [0.29, 0.717) is 16.8 Å². The molecule has 30 heavy (non-hydrogen) atoms. The summed E-state index contributed by atoms with van der Waals surface area (Å²) in [4.78, 5) is 40.5. The van der Waals surface area contributed by atoms with Crippen LogP contribution in [0.15, 0.2) is 77.3 Å². The molecule has 3 aromatic carbocycles. The summed E-state index contributed by atoms with van der Waals surface area (Å²) in [5.41, 5.74) is 3.03. The number of fused-ring (bicyclic) bond motifs is 1. The van der Waals surface area contributed by atoms with E-state index in [9.17, 15) is 14.4 Å². The molecule has 0 saturated carbocycles. The van der Waals surface area contributed by atoms with Crippen LogP contribution in [0.4, 0.5) is 5.69 Å². The van der Waals surface area contributed by atoms with Gasteiger partial charge in [-0.2, -0.15) is 0 Å². The zero-order valence-electron chi connectivity index (χ0n) is 16.3. The number of hydrogen-bond donors (Lipinski definition) is 1. The van der Waals surface area contributed by atoms with Gasteiger partial charge in [0, 0.05) is 16.6 Å². The van der Waals surface area contributed by atoms with Gasteiger partial charge in [0.2, 0.25) is 5.91 Å². The predicted molar refractivity (Wildman–Crippen MR) is 118 cm³/mol. The first-order valence-corrected chi connectivity index (χ1v) is 10.3. The standard InChI is InChI=1S/C24H19BrN2O3/c1-15-13-17(25)11-12-20(15)26-22(28)21(14-16-7-3-2-4-8-16)27-23(29)18-9-5-6-10-19(18)24(27)30/h2-13,21H,14H2,1H3,(H,26,28). The van der Waals surface area contributed by atoms with Crippen LogP contribution >= 0.6 is 15.9 Å². The van der Waals surface area contributed by atoms with E-state index < -0.39 is 23.8 Å². The van der Waals surface area contributed by atoms with Crippen LogP contribution in [0, 0.1) is 6.92 Å². The highest BCUT2D eigenvalue weighted by Crippen LogP contribution is 2.27. The number of hydrogen-bond acceptors (Lipinski definition) is 3. The third-order valence-corrected chi connectivity index (χ3v) is 5.65. The first-order chi connectivity index (χ1) is 14.5. The van der Waals surface area contributed by atoms with Crippen molar-refractivity contribution < 1.29 is 14.4 Å². The number of halogens is 1. The number of carbonyl (C=O) groups excluding carboxylic acids is 3. The van der Waals surface area contributed by atoms with Gasteiger partial charge in [-0.15, -0.1) is 0 Å². The average Bonchev–Trinajstić information content (AvgIpc) is 3.00. The molecule has 0 bridgehead atoms. The number of carbonyl (C=O) groups is 3. The van der Waals surface area contributed by atoms with Crippen molar-refractivity contribution in [2.24, 2.45) is 0 Å². The summed E-state index contributed by atoms with van der Waals surface area (Å²) in [5, 5.41) is 2.90. The Morgan fingerprint density at radius 1 is 0.933 bits per heavy atom. The largest absolute Gasteiger partial charge is 0.324 e. The third kappa shape index (κ3) is 3.78. The van der Waals surface area contributed by atoms with Crippen LogP contribution in [0.25, 0.3) is 0 Å². The van der Waals surface area contributed by atoms with Crippen molar-refractivity contribution in [3.05, 3.63) is 99.5 Å². The second-order valence-corrected chi connectivity index (χ2v) is 8.10. The molecule has 5 nitrogen and oxygen atoms in total. The minimum absolute atomic E-state index is 0.230. The fraction of sp³-hybridized carbons (Fsp3) is 0.125. The van der Waals surface area contributed by atoms with E-state index in [1.165, 1.54) is 0 Å². The number of rotatable bonds is 5. The molecule has 1 aliphatic heterocycles. The van der Waals surface area contributed by atoms with Crippen LogP contribution in [0.2, 0.25) is 0 Å². The summed E-state index contributed by atoms with van der Waals surface area (Å²) in [5.74, 6) is -1.29. The van der Waals surface area contributed by atoms with Gasteiger partial charge < -0.3 is 5.32 Å². The lowest BCUT2D eigenvalue weighted by Crippen LogP contribution is -2.48. The van der Waals surface area contributed by atoms with Crippen molar-refractivity contribution in [3.63, 3.8) is 0 Å². The zero-order chi connectivity index (χ0) is 21.3. The van der Waals surface area contributed by atoms with Gasteiger partial charge in [-0.25, -0.2) is 0 Å². The van der Waals surface area contributed by atoms with Crippen molar-refractivity contribution >= 4 is 39.3 Å². The summed E-state index contributed by atoms with van der Waals surface area (Å²) >= 11 is 3.41. The van der Waals surface area contributed by atoms with Gasteiger partial charge in [0.05, 0.1) is 11.1 Å². The number of aryl methyl sites for hydroxylation is 1. The lowest BCUT2D eigenvalue weighted by molar-refractivity contribution is -0.119. The molecule has 0 saturated heterocycles. The van der Waals surface area contributed by atoms with Crippen LogP contribution in [0.3, 0.4) is 0 Å². The van der Waals surface area contributed by atoms with Crippen molar-refractivity contribution in [2.75, 3.05) is 5.32 Å². The fourth-order valence-electron chi connectivity index (χ4n) is 3.61. The normalized spacial score (nSPS) is 13.9. The fourth-order valence-corrected chi connectivity index (χ4v) is 4.09. The number of benzene rings is 3. The van der Waals surface area contributed by atoms with Gasteiger partial charge >= 0.3 is 0 Å². The lowest BCUT2D eigenvalue weighted by atomic mass is 10.0. The van der Waals surface area contributed by atoms with Crippen LogP contribution < -0.4 is 5.32 Å². The smallest absolute Gasteiger partial charge is 0.262 e. The SMILES string of the molecule is Cc1cc(Br)ccc1NC(=O)C(Cc1ccccc1)N1C(=O)c2ccccc2C1=O. The molecule has 0 aliphatic carbocycles. The van der Waals surface area contributed by atoms with Crippen LogP contribution in [-0.2, 0) is 11.2 Å². The Morgan fingerprint density at radius 2 is 1.53 bits per heavy atom. The molecule has 3 amide bonds. The maximum Gasteiger partial charge on any atom is 0.262 e. The second-order valence-electron chi connectivity index (χ2n) is 7.18. The number of nitrogens with zero attached hydrogens (tertiary/aromatic N) is 1. The van der Waals surface area contributed by atoms with E-state index in [1.54, 1.807) is 30.3 Å². The van der Waals surface area contributed by atoms with Gasteiger partial charge in [0.25, 0.3) is 11.8 Å². The Morgan fingerprint density at radius 3 is 2.13 bits per heavy atom. The van der Waals surface area contributed by atoms with Gasteiger partial charge in [-0.1, -0.05) is 58.4 Å². The van der Waals surface area contributed by atoms with Gasteiger partial charge in [-0.05, 0) is 48.4 Å². The maximum atomic E-state index is 13.3. The minimum atomic E-state index is -0.970. The van der Waals surface area contributed by atoms with E-state index in [4.69, 9.17) is 0 Å². The van der Waals surface area contributed by atoms with Crippen molar-refractivity contribution in [3.8, 4) is 0 Å². The molecular weight excluding hydrogens is 444 g/mol. The first-order valence-electron chi connectivity index (χ1n) is 9.53. The second kappa shape index (κ2) is 8.24. The summed E-state index contributed by atoms with van der Waals surface area (Å²) in [6.07, 6.45) is 0.230. The van der Waals surface area contributed by atoms with Gasteiger partial charge in [-0.3, -0.25) is 19.3 Å². The molecule has 1 atom stereocenters. The number of imide groups is 1. The molecule has 0 fully saturated rings. The van der Waals surface area contributed by atoms with Crippen molar-refractivity contribution in [1.29, 1.82) is 0 Å². The maximum absolute atomic E-state index is 13.3. The highest BCUT2D eigenvalue weighted by Gasteiger charge is 2.42. The van der Waals surface area contributed by atoms with Crippen LogP contribution in [-0.4, -0.2) is 28.7 Å². The zero-order valence-corrected chi connectivity index (χ0v) is 17.8.